The Bertz CT molecular complexity index is 780. The Hall–Kier alpha value is -2.82. The van der Waals surface area contributed by atoms with Crippen LogP contribution in [-0.4, -0.2) is 38.0 Å². The van der Waals surface area contributed by atoms with Crippen LogP contribution in [0.2, 0.25) is 0 Å². The van der Waals surface area contributed by atoms with Crippen LogP contribution in [-0.2, 0) is 10.2 Å². The van der Waals surface area contributed by atoms with Crippen LogP contribution < -0.4 is 15.5 Å². The zero-order chi connectivity index (χ0) is 20.7. The quantitative estimate of drug-likeness (QED) is 0.773. The zero-order valence-corrected chi connectivity index (χ0v) is 17.5. The van der Waals surface area contributed by atoms with E-state index in [9.17, 15) is 9.59 Å². The number of rotatable bonds is 7. The molecule has 0 saturated heterocycles. The molecule has 0 heterocycles. The van der Waals surface area contributed by atoms with Crippen molar-refractivity contribution in [1.29, 1.82) is 0 Å². The van der Waals surface area contributed by atoms with Gasteiger partial charge in [-0.2, -0.15) is 0 Å². The molecule has 0 radical (unpaired) electrons. The monoisotopic (exact) mass is 381 g/mol. The topological polar surface area (TPSA) is 61.4 Å². The lowest BCUT2D eigenvalue weighted by Crippen LogP contribution is -2.46. The minimum absolute atomic E-state index is 0.0368. The molecule has 0 fully saturated rings. The van der Waals surface area contributed by atoms with Gasteiger partial charge in [0.15, 0.2) is 0 Å². The van der Waals surface area contributed by atoms with Gasteiger partial charge in [-0.1, -0.05) is 51.1 Å². The van der Waals surface area contributed by atoms with Crippen molar-refractivity contribution in [3.8, 4) is 0 Å². The predicted molar refractivity (Wildman–Crippen MR) is 115 cm³/mol. The van der Waals surface area contributed by atoms with Gasteiger partial charge in [-0.3, -0.25) is 9.59 Å². The SMILES string of the molecule is C[C@H](NC(=O)c1ccc(C(C)(C)C)cc1)C(=O)NCCN(C)c1ccccc1. The average molecular weight is 382 g/mol. The van der Waals surface area contributed by atoms with Gasteiger partial charge in [0.2, 0.25) is 5.91 Å². The van der Waals surface area contributed by atoms with E-state index in [2.05, 4.69) is 36.3 Å². The third-order valence-electron chi connectivity index (χ3n) is 4.70. The Labute approximate surface area is 168 Å². The first-order valence-corrected chi connectivity index (χ1v) is 9.64. The summed E-state index contributed by atoms with van der Waals surface area (Å²) >= 11 is 0. The zero-order valence-electron chi connectivity index (χ0n) is 17.5. The van der Waals surface area contributed by atoms with E-state index in [4.69, 9.17) is 0 Å². The highest BCUT2D eigenvalue weighted by atomic mass is 16.2. The highest BCUT2D eigenvalue weighted by molar-refractivity contribution is 5.97. The first-order chi connectivity index (χ1) is 13.2. The van der Waals surface area contributed by atoms with Crippen LogP contribution in [0.15, 0.2) is 54.6 Å². The van der Waals surface area contributed by atoms with Crippen molar-refractivity contribution in [2.45, 2.75) is 39.2 Å². The molecule has 28 heavy (non-hydrogen) atoms. The van der Waals surface area contributed by atoms with Gasteiger partial charge in [0, 0.05) is 31.4 Å². The normalized spacial score (nSPS) is 12.2. The van der Waals surface area contributed by atoms with Gasteiger partial charge in [0.05, 0.1) is 0 Å². The molecule has 0 aliphatic heterocycles. The molecule has 0 aliphatic carbocycles. The van der Waals surface area contributed by atoms with Gasteiger partial charge in [-0.25, -0.2) is 0 Å². The number of nitrogens with zero attached hydrogens (tertiary/aromatic N) is 1. The lowest BCUT2D eigenvalue weighted by Gasteiger charge is -2.21. The van der Waals surface area contributed by atoms with Gasteiger partial charge >= 0.3 is 0 Å². The second-order valence-corrected chi connectivity index (χ2v) is 8.07. The molecule has 2 rings (SSSR count). The highest BCUT2D eigenvalue weighted by Crippen LogP contribution is 2.22. The summed E-state index contributed by atoms with van der Waals surface area (Å²) < 4.78 is 0. The maximum atomic E-state index is 12.4. The van der Waals surface area contributed by atoms with E-state index in [0.717, 1.165) is 11.3 Å². The van der Waals surface area contributed by atoms with Crippen LogP contribution in [0.1, 0.15) is 43.6 Å². The minimum Gasteiger partial charge on any atom is -0.373 e. The molecule has 5 nitrogen and oxygen atoms in total. The van der Waals surface area contributed by atoms with Crippen LogP contribution >= 0.6 is 0 Å². The molecule has 0 spiro atoms. The molecular formula is C23H31N3O2. The fraction of sp³-hybridized carbons (Fsp3) is 0.391. The Morgan fingerprint density at radius 2 is 1.61 bits per heavy atom. The summed E-state index contributed by atoms with van der Waals surface area (Å²) in [4.78, 5) is 26.7. The summed E-state index contributed by atoms with van der Waals surface area (Å²) in [5, 5.41) is 5.63. The number of likely N-dealkylation sites (N-methyl/N-ethyl adjacent to an activating group) is 1. The van der Waals surface area contributed by atoms with Crippen LogP contribution in [0.3, 0.4) is 0 Å². The van der Waals surface area contributed by atoms with Gasteiger partial charge in [-0.05, 0) is 42.2 Å². The number of hydrogen-bond acceptors (Lipinski definition) is 3. The van der Waals surface area contributed by atoms with Crippen LogP contribution in [0.4, 0.5) is 5.69 Å². The van der Waals surface area contributed by atoms with Gasteiger partial charge in [-0.15, -0.1) is 0 Å². The largest absolute Gasteiger partial charge is 0.373 e. The maximum absolute atomic E-state index is 12.4. The van der Waals surface area contributed by atoms with Crippen molar-refractivity contribution in [3.05, 3.63) is 65.7 Å². The van der Waals surface area contributed by atoms with Gasteiger partial charge < -0.3 is 15.5 Å². The summed E-state index contributed by atoms with van der Waals surface area (Å²) in [6.45, 7) is 9.27. The van der Waals surface area contributed by atoms with Crippen molar-refractivity contribution in [3.63, 3.8) is 0 Å². The Balaban J connectivity index is 1.80. The van der Waals surface area contributed by atoms with Crippen molar-refractivity contribution >= 4 is 17.5 Å². The molecule has 2 amide bonds. The van der Waals surface area contributed by atoms with Crippen molar-refractivity contribution in [2.75, 3.05) is 25.0 Å². The van der Waals surface area contributed by atoms with Crippen LogP contribution in [0, 0.1) is 0 Å². The number of carbonyl (C=O) groups is 2. The number of benzene rings is 2. The number of hydrogen-bond donors (Lipinski definition) is 2. The Morgan fingerprint density at radius 3 is 2.18 bits per heavy atom. The molecule has 5 heteroatoms. The third-order valence-corrected chi connectivity index (χ3v) is 4.70. The summed E-state index contributed by atoms with van der Waals surface area (Å²) in [5.41, 5.74) is 2.85. The number of carbonyl (C=O) groups excluding carboxylic acids is 2. The van der Waals surface area contributed by atoms with E-state index in [1.54, 1.807) is 19.1 Å². The lowest BCUT2D eigenvalue weighted by atomic mass is 9.86. The number of anilines is 1. The first kappa shape index (κ1) is 21.5. The molecule has 0 aromatic heterocycles. The van der Waals surface area contributed by atoms with E-state index in [0.29, 0.717) is 18.7 Å². The Kier molecular flexibility index (Phi) is 7.21. The third kappa shape index (κ3) is 6.12. The summed E-state index contributed by atoms with van der Waals surface area (Å²) in [6, 6.07) is 16.9. The lowest BCUT2D eigenvalue weighted by molar-refractivity contribution is -0.122. The molecular weight excluding hydrogens is 350 g/mol. The predicted octanol–water partition coefficient (Wildman–Crippen LogP) is 3.36. The first-order valence-electron chi connectivity index (χ1n) is 9.64. The maximum Gasteiger partial charge on any atom is 0.251 e. The van der Waals surface area contributed by atoms with E-state index in [1.807, 2.05) is 49.5 Å². The minimum atomic E-state index is -0.600. The van der Waals surface area contributed by atoms with Crippen LogP contribution in [0.5, 0.6) is 0 Å². The second kappa shape index (κ2) is 9.40. The Morgan fingerprint density at radius 1 is 1.00 bits per heavy atom. The molecule has 150 valence electrons. The average Bonchev–Trinajstić information content (AvgIpc) is 2.67. The summed E-state index contributed by atoms with van der Waals surface area (Å²) in [7, 11) is 1.98. The van der Waals surface area contributed by atoms with Crippen molar-refractivity contribution < 1.29 is 9.59 Å². The van der Waals surface area contributed by atoms with Crippen LogP contribution in [0.25, 0.3) is 0 Å². The molecule has 0 unspecified atom stereocenters. The van der Waals surface area contributed by atoms with E-state index >= 15 is 0 Å². The standard InChI is InChI=1S/C23H31N3O2/c1-17(21(27)24-15-16-26(5)20-9-7-6-8-10-20)25-22(28)18-11-13-19(14-12-18)23(2,3)4/h6-14,17H,15-16H2,1-5H3,(H,24,27)(H,25,28)/t17-/m0/s1. The van der Waals surface area contributed by atoms with E-state index < -0.39 is 6.04 Å². The van der Waals surface area contributed by atoms with E-state index in [1.165, 1.54) is 0 Å². The molecule has 0 aliphatic rings. The molecule has 1 atom stereocenters. The van der Waals surface area contributed by atoms with Crippen molar-refractivity contribution in [1.82, 2.24) is 10.6 Å². The van der Waals surface area contributed by atoms with Gasteiger partial charge in [0.25, 0.3) is 5.91 Å². The summed E-state index contributed by atoms with van der Waals surface area (Å²) in [5.74, 6) is -0.439. The number of para-hydroxylation sites is 1. The molecule has 2 N–H and O–H groups in total. The van der Waals surface area contributed by atoms with Gasteiger partial charge in [0.1, 0.15) is 6.04 Å². The fourth-order valence-electron chi connectivity index (χ4n) is 2.78. The van der Waals surface area contributed by atoms with E-state index in [-0.39, 0.29) is 17.2 Å². The van der Waals surface area contributed by atoms with Crippen molar-refractivity contribution in [2.24, 2.45) is 0 Å². The fourth-order valence-corrected chi connectivity index (χ4v) is 2.78. The second-order valence-electron chi connectivity index (χ2n) is 8.07. The smallest absolute Gasteiger partial charge is 0.251 e. The molecule has 0 bridgehead atoms. The summed E-state index contributed by atoms with van der Waals surface area (Å²) in [6.07, 6.45) is 0. The molecule has 2 aromatic rings. The highest BCUT2D eigenvalue weighted by Gasteiger charge is 2.18. The number of amides is 2. The molecule has 2 aromatic carbocycles. The molecule has 0 saturated carbocycles. The number of nitrogens with one attached hydrogen (secondary N) is 2.